The number of nitrogens with zero attached hydrogens (tertiary/aromatic N) is 3. The van der Waals surface area contributed by atoms with Crippen LogP contribution in [0.5, 0.6) is 0 Å². The van der Waals surface area contributed by atoms with Crippen LogP contribution in [0, 0.1) is 0 Å². The number of ether oxygens (including phenoxy) is 1. The molecule has 3 heterocycles. The second-order valence-corrected chi connectivity index (χ2v) is 8.86. The molecule has 0 bridgehead atoms. The van der Waals surface area contributed by atoms with E-state index in [0.29, 0.717) is 10.4 Å². The predicted molar refractivity (Wildman–Crippen MR) is 104 cm³/mol. The number of likely N-dealkylation sites (tertiary alicyclic amines) is 1. The molecule has 0 spiro atoms. The zero-order chi connectivity index (χ0) is 24.5. The van der Waals surface area contributed by atoms with Gasteiger partial charge in [-0.15, -0.1) is 0 Å². The maximum atomic E-state index is 12.6. The lowest BCUT2D eigenvalue weighted by Crippen LogP contribution is -2.42. The highest BCUT2D eigenvalue weighted by molar-refractivity contribution is 6.62. The zero-order valence-corrected chi connectivity index (χ0v) is 17.1. The summed E-state index contributed by atoms with van der Waals surface area (Å²) in [5.41, 5.74) is -1.50. The van der Waals surface area contributed by atoms with E-state index in [4.69, 9.17) is 20.9 Å². The maximum Gasteiger partial charge on any atom is 0.498 e. The first-order valence-corrected chi connectivity index (χ1v) is 9.13. The van der Waals surface area contributed by atoms with Gasteiger partial charge in [0.25, 0.3) is 0 Å². The van der Waals surface area contributed by atoms with E-state index in [-0.39, 0.29) is 0 Å². The average molecular weight is 382 g/mol. The van der Waals surface area contributed by atoms with Gasteiger partial charge in [0.05, 0.1) is 18.6 Å². The maximum absolute atomic E-state index is 12.6. The fourth-order valence-electron chi connectivity index (χ4n) is 2.67. The van der Waals surface area contributed by atoms with E-state index in [1.54, 1.807) is 20.8 Å². The Morgan fingerprint density at radius 3 is 2.37 bits per heavy atom. The third kappa shape index (κ3) is 4.32. The Balaban J connectivity index is 1.87. The van der Waals surface area contributed by atoms with Gasteiger partial charge in [0.15, 0.2) is 0 Å². The van der Waals surface area contributed by atoms with Crippen LogP contribution in [0.3, 0.4) is 0 Å². The molecule has 2 saturated heterocycles. The molecule has 1 aromatic heterocycles. The highest BCUT2D eigenvalue weighted by Crippen LogP contribution is 2.36. The lowest BCUT2D eigenvalue weighted by atomic mass is 9.82. The normalized spacial score (nSPS) is 30.6. The third-order valence-corrected chi connectivity index (χ3v) is 4.91. The van der Waals surface area contributed by atoms with E-state index in [9.17, 15) is 4.79 Å². The molecule has 8 heteroatoms. The van der Waals surface area contributed by atoms with E-state index < -0.39 is 61.9 Å². The Morgan fingerprint density at radius 1 is 1.30 bits per heavy atom. The molecule has 0 saturated carbocycles. The molecule has 0 aliphatic carbocycles. The molecule has 0 unspecified atom stereocenters. The van der Waals surface area contributed by atoms with Gasteiger partial charge in [-0.3, -0.25) is 4.68 Å². The van der Waals surface area contributed by atoms with E-state index in [0.717, 1.165) is 0 Å². The minimum atomic E-state index is -2.48. The molecule has 0 radical (unpaired) electrons. The quantitative estimate of drug-likeness (QED) is 0.736. The molecule has 0 atom stereocenters. The molecule has 3 rings (SSSR count). The molecular formula is C19H32BN3O4. The first kappa shape index (κ1) is 14.5. The molecule has 2 aliphatic rings. The summed E-state index contributed by atoms with van der Waals surface area (Å²) in [7, 11) is -0.715. The molecule has 27 heavy (non-hydrogen) atoms. The summed E-state index contributed by atoms with van der Waals surface area (Å²) >= 11 is 0. The van der Waals surface area contributed by atoms with Gasteiger partial charge in [-0.1, -0.05) is 0 Å². The van der Waals surface area contributed by atoms with Crippen LogP contribution >= 0.6 is 0 Å². The summed E-state index contributed by atoms with van der Waals surface area (Å²) in [6.07, 6.45) is 0.897. The van der Waals surface area contributed by atoms with E-state index in [1.807, 2.05) is 27.7 Å². The van der Waals surface area contributed by atoms with Crippen molar-refractivity contribution in [2.45, 2.75) is 84.1 Å². The fraction of sp³-hybridized carbons (Fsp3) is 0.789. The second-order valence-electron chi connectivity index (χ2n) is 8.86. The summed E-state index contributed by atoms with van der Waals surface area (Å²) in [5, 5.41) is 4.21. The van der Waals surface area contributed by atoms with Crippen molar-refractivity contribution in [1.29, 1.82) is 0 Å². The number of hydrogen-bond acceptors (Lipinski definition) is 5. The highest BCUT2D eigenvalue weighted by Gasteiger charge is 2.52. The standard InChI is InChI=1S/C19H32BN3O4/c1-17(2,3)25-16(24)22-10-8-15(9-11-22)23-13-14(12-21-23)20-26-18(4,5)19(6,7)27-20/h12-13,15H,8-11H2,1-7H3/i10D2,11D2,15D. The van der Waals surface area contributed by atoms with Gasteiger partial charge >= 0.3 is 13.2 Å². The van der Waals surface area contributed by atoms with Gasteiger partial charge in [-0.25, -0.2) is 4.79 Å². The van der Waals surface area contributed by atoms with Crippen molar-refractivity contribution in [1.82, 2.24) is 14.7 Å². The van der Waals surface area contributed by atoms with E-state index in [1.165, 1.54) is 17.1 Å². The van der Waals surface area contributed by atoms with Crippen molar-refractivity contribution in [3.05, 3.63) is 12.4 Å². The Kier molecular flexibility index (Phi) is 3.65. The van der Waals surface area contributed by atoms with Gasteiger partial charge in [-0.2, -0.15) is 5.10 Å². The Morgan fingerprint density at radius 2 is 1.85 bits per heavy atom. The van der Waals surface area contributed by atoms with Gasteiger partial charge in [0, 0.05) is 36.3 Å². The summed E-state index contributed by atoms with van der Waals surface area (Å²) in [6.45, 7) is 7.56. The van der Waals surface area contributed by atoms with Crippen LogP contribution in [0.4, 0.5) is 4.79 Å². The lowest BCUT2D eigenvalue weighted by Gasteiger charge is -2.33. The number of hydrogen-bond donors (Lipinski definition) is 0. The van der Waals surface area contributed by atoms with Crippen LogP contribution in [-0.4, -0.2) is 57.7 Å². The van der Waals surface area contributed by atoms with Gasteiger partial charge in [0.1, 0.15) is 5.60 Å². The van der Waals surface area contributed by atoms with Crippen molar-refractivity contribution in [3.63, 3.8) is 0 Å². The Hall–Kier alpha value is -1.54. The van der Waals surface area contributed by atoms with E-state index in [2.05, 4.69) is 5.10 Å². The monoisotopic (exact) mass is 382 g/mol. The Labute approximate surface area is 169 Å². The number of carbonyl (C=O) groups excluding carboxylic acids is 1. The number of rotatable bonds is 2. The number of aromatic nitrogens is 2. The summed E-state index contributed by atoms with van der Waals surface area (Å²) in [6, 6.07) is -1.78. The summed E-state index contributed by atoms with van der Waals surface area (Å²) < 4.78 is 60.9. The molecular weight excluding hydrogens is 345 g/mol. The van der Waals surface area contributed by atoms with Crippen LogP contribution in [0.1, 0.15) is 74.2 Å². The smallest absolute Gasteiger partial charge is 0.444 e. The van der Waals surface area contributed by atoms with Crippen LogP contribution in [0.2, 0.25) is 0 Å². The highest BCUT2D eigenvalue weighted by atomic mass is 16.7. The van der Waals surface area contributed by atoms with Crippen molar-refractivity contribution in [3.8, 4) is 0 Å². The van der Waals surface area contributed by atoms with Gasteiger partial charge < -0.3 is 18.9 Å². The molecule has 1 aromatic rings. The molecule has 1 amide bonds. The number of piperidine rings is 1. The van der Waals surface area contributed by atoms with Crippen molar-refractivity contribution < 1.29 is 25.7 Å². The van der Waals surface area contributed by atoms with Crippen molar-refractivity contribution in [2.24, 2.45) is 0 Å². The SMILES string of the molecule is [2H]C1([2H])CC([2H])(n2cc(B3OC(C)(C)C(C)(C)O3)cn2)CC([2H])([2H])N1C(=O)OC(C)(C)C. The predicted octanol–water partition coefficient (Wildman–Crippen LogP) is 2.75. The summed E-state index contributed by atoms with van der Waals surface area (Å²) in [5.74, 6) is 0. The van der Waals surface area contributed by atoms with Crippen LogP contribution in [0.15, 0.2) is 12.4 Å². The summed E-state index contributed by atoms with van der Waals surface area (Å²) in [4.78, 5) is 13.1. The number of amides is 1. The van der Waals surface area contributed by atoms with Crippen LogP contribution in [-0.2, 0) is 14.0 Å². The Bertz CT molecular complexity index is 866. The minimum Gasteiger partial charge on any atom is -0.444 e. The fourth-order valence-corrected chi connectivity index (χ4v) is 2.67. The van der Waals surface area contributed by atoms with Gasteiger partial charge in [-0.05, 0) is 61.3 Å². The number of carbonyl (C=O) groups is 1. The molecule has 2 aliphatic heterocycles. The molecule has 0 N–H and O–H groups in total. The first-order valence-electron chi connectivity index (χ1n) is 11.6. The van der Waals surface area contributed by atoms with E-state index >= 15 is 0 Å². The van der Waals surface area contributed by atoms with Crippen LogP contribution in [0.25, 0.3) is 0 Å². The zero-order valence-electron chi connectivity index (χ0n) is 22.1. The third-order valence-electron chi connectivity index (χ3n) is 4.91. The first-order chi connectivity index (χ1) is 14.2. The van der Waals surface area contributed by atoms with Crippen LogP contribution < -0.4 is 5.46 Å². The average Bonchev–Trinajstić information content (AvgIpc) is 3.06. The van der Waals surface area contributed by atoms with Gasteiger partial charge in [0.2, 0.25) is 0 Å². The second kappa shape index (κ2) is 6.81. The van der Waals surface area contributed by atoms with Crippen molar-refractivity contribution >= 4 is 18.7 Å². The molecule has 7 nitrogen and oxygen atoms in total. The minimum absolute atomic E-state index is 0.455. The molecule has 150 valence electrons. The molecule has 2 fully saturated rings. The topological polar surface area (TPSA) is 65.8 Å². The lowest BCUT2D eigenvalue weighted by molar-refractivity contribution is 0.00578. The van der Waals surface area contributed by atoms with Crippen molar-refractivity contribution in [2.75, 3.05) is 13.0 Å². The largest absolute Gasteiger partial charge is 0.498 e. The molecule has 0 aromatic carbocycles.